The Morgan fingerprint density at radius 2 is 2.00 bits per heavy atom. The van der Waals surface area contributed by atoms with Gasteiger partial charge in [-0.25, -0.2) is 0 Å². The third kappa shape index (κ3) is 1.82. The van der Waals surface area contributed by atoms with Crippen LogP contribution in [-0.4, -0.2) is 18.0 Å². The molecule has 0 fully saturated rings. The Labute approximate surface area is 83.3 Å². The molecule has 0 amide bonds. The van der Waals surface area contributed by atoms with Crippen LogP contribution in [0.15, 0.2) is 29.2 Å². The van der Waals surface area contributed by atoms with Crippen LogP contribution in [0.5, 0.6) is 5.75 Å². The summed E-state index contributed by atoms with van der Waals surface area (Å²) in [5.41, 5.74) is 0. The Morgan fingerprint density at radius 3 is 2.71 bits per heavy atom. The van der Waals surface area contributed by atoms with Gasteiger partial charge in [0.25, 0.3) is 0 Å². The second-order valence-electron chi connectivity index (χ2n) is 2.91. The van der Waals surface area contributed by atoms with Crippen molar-refractivity contribution in [3.05, 3.63) is 24.3 Å². The normalized spacial score (nSPS) is 21.2. The van der Waals surface area contributed by atoms with Crippen molar-refractivity contribution < 1.29 is 17.9 Å². The molecule has 1 aromatic rings. The Hall–Kier alpha value is -0.840. The summed E-state index contributed by atoms with van der Waals surface area (Å²) in [5.74, 6) is 0.256. The maximum Gasteiger partial charge on any atom is 0.426 e. The number of thioether (sulfide) groups is 1. The molecule has 0 saturated carbocycles. The second kappa shape index (κ2) is 3.38. The lowest BCUT2D eigenvalue weighted by Gasteiger charge is -2.26. The highest BCUT2D eigenvalue weighted by molar-refractivity contribution is 7.99. The Balaban J connectivity index is 2.22. The molecule has 1 aromatic carbocycles. The maximum atomic E-state index is 12.3. The summed E-state index contributed by atoms with van der Waals surface area (Å²) in [6, 6.07) is 6.76. The van der Waals surface area contributed by atoms with Crippen molar-refractivity contribution in [3.8, 4) is 5.75 Å². The van der Waals surface area contributed by atoms with E-state index in [1.807, 2.05) is 0 Å². The van der Waals surface area contributed by atoms with E-state index in [0.29, 0.717) is 5.75 Å². The summed E-state index contributed by atoms with van der Waals surface area (Å²) in [6.45, 7) is 0. The van der Waals surface area contributed by atoms with E-state index in [4.69, 9.17) is 4.74 Å². The minimum atomic E-state index is -4.28. The second-order valence-corrected chi connectivity index (χ2v) is 3.97. The molecule has 0 saturated heterocycles. The topological polar surface area (TPSA) is 9.23 Å². The van der Waals surface area contributed by atoms with Crippen molar-refractivity contribution in [1.82, 2.24) is 0 Å². The Bertz CT molecular complexity index is 337. The van der Waals surface area contributed by atoms with Gasteiger partial charge in [-0.3, -0.25) is 0 Å². The van der Waals surface area contributed by atoms with Gasteiger partial charge in [0, 0.05) is 10.6 Å². The minimum Gasteiger partial charge on any atom is -0.479 e. The van der Waals surface area contributed by atoms with Crippen molar-refractivity contribution in [2.75, 3.05) is 5.75 Å². The summed E-state index contributed by atoms with van der Waals surface area (Å²) >= 11 is 1.18. The summed E-state index contributed by atoms with van der Waals surface area (Å²) in [4.78, 5) is 0.771. The zero-order chi connectivity index (χ0) is 10.2. The van der Waals surface area contributed by atoms with Crippen LogP contribution in [0.3, 0.4) is 0 Å². The molecule has 0 radical (unpaired) electrons. The van der Waals surface area contributed by atoms with Gasteiger partial charge in [-0.1, -0.05) is 12.1 Å². The highest BCUT2D eigenvalue weighted by atomic mass is 32.2. The summed E-state index contributed by atoms with van der Waals surface area (Å²) in [6.07, 6.45) is -5.96. The molecule has 1 atom stereocenters. The minimum absolute atomic E-state index is 0.0689. The lowest BCUT2D eigenvalue weighted by atomic mass is 10.3. The van der Waals surface area contributed by atoms with Crippen molar-refractivity contribution in [2.45, 2.75) is 17.2 Å². The van der Waals surface area contributed by atoms with Crippen molar-refractivity contribution in [3.63, 3.8) is 0 Å². The highest BCUT2D eigenvalue weighted by Crippen LogP contribution is 2.39. The van der Waals surface area contributed by atoms with E-state index < -0.39 is 12.3 Å². The molecule has 14 heavy (non-hydrogen) atoms. The first-order valence-corrected chi connectivity index (χ1v) is 5.01. The molecule has 0 N–H and O–H groups in total. The SMILES string of the molecule is FC(F)(F)C1CSc2ccccc2O1. The molecule has 0 aliphatic carbocycles. The van der Waals surface area contributed by atoms with Crippen LogP contribution in [0.25, 0.3) is 0 Å². The monoisotopic (exact) mass is 220 g/mol. The number of rotatable bonds is 0. The van der Waals surface area contributed by atoms with Crippen molar-refractivity contribution >= 4 is 11.8 Å². The fraction of sp³-hybridized carbons (Fsp3) is 0.333. The molecule has 2 rings (SSSR count). The van der Waals surface area contributed by atoms with Gasteiger partial charge in [0.2, 0.25) is 6.10 Å². The predicted molar refractivity (Wildman–Crippen MR) is 47.6 cm³/mol. The average Bonchev–Trinajstić information content (AvgIpc) is 2.16. The largest absolute Gasteiger partial charge is 0.479 e. The van der Waals surface area contributed by atoms with Gasteiger partial charge in [-0.15, -0.1) is 11.8 Å². The first-order chi connectivity index (χ1) is 6.57. The third-order valence-corrected chi connectivity index (χ3v) is 2.99. The number of ether oxygens (including phenoxy) is 1. The number of alkyl halides is 3. The van der Waals surface area contributed by atoms with Crippen LogP contribution in [0.1, 0.15) is 0 Å². The number of hydrogen-bond acceptors (Lipinski definition) is 2. The van der Waals surface area contributed by atoms with Crippen molar-refractivity contribution in [1.29, 1.82) is 0 Å². The van der Waals surface area contributed by atoms with Gasteiger partial charge in [0.05, 0.1) is 0 Å². The third-order valence-electron chi connectivity index (χ3n) is 1.87. The number of hydrogen-bond donors (Lipinski definition) is 0. The van der Waals surface area contributed by atoms with E-state index >= 15 is 0 Å². The average molecular weight is 220 g/mol. The molecule has 76 valence electrons. The van der Waals surface area contributed by atoms with Crippen LogP contribution in [0.4, 0.5) is 13.2 Å². The summed E-state index contributed by atoms with van der Waals surface area (Å²) < 4.78 is 41.7. The molecule has 1 nitrogen and oxygen atoms in total. The lowest BCUT2D eigenvalue weighted by molar-refractivity contribution is -0.188. The molecule has 1 aliphatic heterocycles. The highest BCUT2D eigenvalue weighted by Gasteiger charge is 2.43. The molecule has 0 aromatic heterocycles. The van der Waals surface area contributed by atoms with Gasteiger partial charge >= 0.3 is 6.18 Å². The van der Waals surface area contributed by atoms with Gasteiger partial charge in [0.15, 0.2) is 0 Å². The van der Waals surface area contributed by atoms with Crippen LogP contribution in [-0.2, 0) is 0 Å². The van der Waals surface area contributed by atoms with Crippen LogP contribution >= 0.6 is 11.8 Å². The quantitative estimate of drug-likeness (QED) is 0.664. The number of benzene rings is 1. The molecule has 0 bridgehead atoms. The lowest BCUT2D eigenvalue weighted by Crippen LogP contribution is -2.38. The van der Waals surface area contributed by atoms with Gasteiger partial charge in [0.1, 0.15) is 5.75 Å². The van der Waals surface area contributed by atoms with E-state index in [0.717, 1.165) is 4.90 Å². The smallest absolute Gasteiger partial charge is 0.426 e. The molecular weight excluding hydrogens is 213 g/mol. The molecule has 0 spiro atoms. The summed E-state index contributed by atoms with van der Waals surface area (Å²) in [7, 11) is 0. The van der Waals surface area contributed by atoms with Crippen molar-refractivity contribution in [2.24, 2.45) is 0 Å². The Kier molecular flexibility index (Phi) is 2.34. The Morgan fingerprint density at radius 1 is 1.29 bits per heavy atom. The van der Waals surface area contributed by atoms with Gasteiger partial charge in [-0.05, 0) is 12.1 Å². The first kappa shape index (κ1) is 9.71. The zero-order valence-electron chi connectivity index (χ0n) is 7.04. The van der Waals surface area contributed by atoms with Crippen LogP contribution < -0.4 is 4.74 Å². The molecule has 1 unspecified atom stereocenters. The summed E-state index contributed by atoms with van der Waals surface area (Å²) in [5, 5.41) is 0. The number of halogens is 3. The van der Waals surface area contributed by atoms with E-state index in [2.05, 4.69) is 0 Å². The first-order valence-electron chi connectivity index (χ1n) is 4.02. The van der Waals surface area contributed by atoms with E-state index in [9.17, 15) is 13.2 Å². The molecule has 1 aliphatic rings. The molecule has 1 heterocycles. The zero-order valence-corrected chi connectivity index (χ0v) is 7.86. The fourth-order valence-electron chi connectivity index (χ4n) is 1.18. The van der Waals surface area contributed by atoms with Crippen LogP contribution in [0.2, 0.25) is 0 Å². The van der Waals surface area contributed by atoms with Gasteiger partial charge < -0.3 is 4.74 Å². The maximum absolute atomic E-state index is 12.3. The fourth-order valence-corrected chi connectivity index (χ4v) is 2.20. The molecular formula is C9H7F3OS. The molecule has 5 heteroatoms. The van der Waals surface area contributed by atoms with E-state index in [1.165, 1.54) is 11.8 Å². The van der Waals surface area contributed by atoms with Gasteiger partial charge in [-0.2, -0.15) is 13.2 Å². The standard InChI is InChI=1S/C9H7F3OS/c10-9(11,12)8-5-14-7-4-2-1-3-6(7)13-8/h1-4,8H,5H2. The number of para-hydroxylation sites is 1. The number of fused-ring (bicyclic) bond motifs is 1. The van der Waals surface area contributed by atoms with E-state index in [-0.39, 0.29) is 5.75 Å². The van der Waals surface area contributed by atoms with E-state index in [1.54, 1.807) is 24.3 Å². The van der Waals surface area contributed by atoms with Crippen LogP contribution in [0, 0.1) is 0 Å². The predicted octanol–water partition coefficient (Wildman–Crippen LogP) is 3.10.